The highest BCUT2D eigenvalue weighted by Gasteiger charge is 2.60. The molecule has 0 saturated heterocycles. The third kappa shape index (κ3) is 4.77. The molecule has 1 amide bonds. The molecule has 228 valence electrons. The van der Waals surface area contributed by atoms with Gasteiger partial charge in [-0.25, -0.2) is 17.5 Å². The van der Waals surface area contributed by atoms with Crippen LogP contribution in [0.1, 0.15) is 22.3 Å². The summed E-state index contributed by atoms with van der Waals surface area (Å²) in [5, 5.41) is 9.43. The van der Waals surface area contributed by atoms with Gasteiger partial charge < -0.3 is 19.3 Å². The van der Waals surface area contributed by atoms with E-state index in [1.165, 1.54) is 68.8 Å². The molecule has 1 heterocycles. The topological polar surface area (TPSA) is 119 Å². The average Bonchev–Trinajstić information content (AvgIpc) is 3.24. The molecule has 0 spiro atoms. The number of benzene rings is 4. The standard InChI is InChI=1S/C30H21ClF3NO8S/c1-41-18-12-14-26(25(16-18)42-2)44(39,40)35-23-13-11-17(31)15-22(23)29(27(35)36,19-7-3-4-8-20(19)30(32,33)34)21-9-5-6-10-24(21)43-28(37)38/h3-16H,1-2H3,(H,37,38). The number of anilines is 1. The van der Waals surface area contributed by atoms with Crippen LogP contribution in [0.15, 0.2) is 89.8 Å². The molecule has 4 aromatic carbocycles. The van der Waals surface area contributed by atoms with Crippen molar-refractivity contribution in [1.82, 2.24) is 0 Å². The molecule has 1 aliphatic rings. The number of fused-ring (bicyclic) bond motifs is 1. The highest BCUT2D eigenvalue weighted by Crippen LogP contribution is 2.57. The third-order valence-corrected chi connectivity index (χ3v) is 9.07. The molecule has 1 unspecified atom stereocenters. The normalized spacial score (nSPS) is 16.4. The highest BCUT2D eigenvalue weighted by molar-refractivity contribution is 7.93. The fraction of sp³-hybridized carbons (Fsp3) is 0.133. The molecule has 14 heteroatoms. The lowest BCUT2D eigenvalue weighted by Crippen LogP contribution is -2.46. The second-order valence-corrected chi connectivity index (χ2v) is 11.6. The fourth-order valence-corrected chi connectivity index (χ4v) is 7.15. The molecule has 0 radical (unpaired) electrons. The number of hydrogen-bond donors (Lipinski definition) is 1. The first-order valence-corrected chi connectivity index (χ1v) is 14.4. The van der Waals surface area contributed by atoms with Crippen molar-refractivity contribution >= 4 is 39.4 Å². The van der Waals surface area contributed by atoms with Crippen LogP contribution in [0.25, 0.3) is 0 Å². The number of rotatable bonds is 7. The first-order chi connectivity index (χ1) is 20.8. The molecule has 44 heavy (non-hydrogen) atoms. The van der Waals surface area contributed by atoms with E-state index in [9.17, 15) is 36.3 Å². The fourth-order valence-electron chi connectivity index (χ4n) is 5.37. The number of carbonyl (C=O) groups is 2. The second kappa shape index (κ2) is 11.1. The van der Waals surface area contributed by atoms with Gasteiger partial charge in [0.1, 0.15) is 27.6 Å². The Hall–Kier alpha value is -4.75. The average molecular weight is 648 g/mol. The van der Waals surface area contributed by atoms with Gasteiger partial charge >= 0.3 is 12.3 Å². The Bertz CT molecular complexity index is 1910. The summed E-state index contributed by atoms with van der Waals surface area (Å²) in [7, 11) is -2.40. The molecular weight excluding hydrogens is 627 g/mol. The van der Waals surface area contributed by atoms with E-state index in [-0.39, 0.29) is 33.3 Å². The number of hydrogen-bond acceptors (Lipinski definition) is 7. The van der Waals surface area contributed by atoms with Gasteiger partial charge in [-0.15, -0.1) is 0 Å². The SMILES string of the molecule is COc1ccc(S(=O)(=O)N2C(=O)C(c3ccccc3OC(=O)O)(c3ccccc3C(F)(F)F)c3cc(Cl)ccc32)c(OC)c1. The number of alkyl halides is 3. The second-order valence-electron chi connectivity index (χ2n) is 9.41. The Kier molecular flexibility index (Phi) is 7.72. The Morgan fingerprint density at radius 2 is 1.52 bits per heavy atom. The number of ether oxygens (including phenoxy) is 3. The Morgan fingerprint density at radius 1 is 0.864 bits per heavy atom. The minimum absolute atomic E-state index is 0.0386. The van der Waals surface area contributed by atoms with E-state index >= 15 is 0 Å². The lowest BCUT2D eigenvalue weighted by Gasteiger charge is -2.33. The minimum Gasteiger partial charge on any atom is -0.497 e. The summed E-state index contributed by atoms with van der Waals surface area (Å²) in [5.41, 5.74) is -5.52. The molecule has 1 aliphatic heterocycles. The van der Waals surface area contributed by atoms with Crippen LogP contribution < -0.4 is 18.5 Å². The van der Waals surface area contributed by atoms with E-state index in [1.54, 1.807) is 0 Å². The summed E-state index contributed by atoms with van der Waals surface area (Å²) in [6.45, 7) is 0. The van der Waals surface area contributed by atoms with Crippen molar-refractivity contribution in [1.29, 1.82) is 0 Å². The van der Waals surface area contributed by atoms with Crippen LogP contribution in [-0.4, -0.2) is 39.8 Å². The van der Waals surface area contributed by atoms with Gasteiger partial charge in [-0.3, -0.25) is 4.79 Å². The molecule has 9 nitrogen and oxygen atoms in total. The molecule has 0 fully saturated rings. The largest absolute Gasteiger partial charge is 0.511 e. The van der Waals surface area contributed by atoms with Crippen molar-refractivity contribution in [2.24, 2.45) is 0 Å². The maximum absolute atomic E-state index is 14.9. The summed E-state index contributed by atoms with van der Waals surface area (Å²) in [6.07, 6.45) is -6.85. The zero-order valence-corrected chi connectivity index (χ0v) is 24.3. The van der Waals surface area contributed by atoms with E-state index in [2.05, 4.69) is 0 Å². The molecule has 5 rings (SSSR count). The lowest BCUT2D eigenvalue weighted by molar-refractivity contribution is -0.138. The highest BCUT2D eigenvalue weighted by atomic mass is 35.5. The molecule has 0 aromatic heterocycles. The van der Waals surface area contributed by atoms with Crippen molar-refractivity contribution in [2.45, 2.75) is 16.5 Å². The number of carbonyl (C=O) groups excluding carboxylic acids is 1. The van der Waals surface area contributed by atoms with Crippen molar-refractivity contribution < 1.29 is 50.5 Å². The molecular formula is C30H21ClF3NO8S. The number of methoxy groups -OCH3 is 2. The summed E-state index contributed by atoms with van der Waals surface area (Å²) in [5.74, 6) is -1.85. The molecule has 4 aromatic rings. The molecule has 1 N–H and O–H groups in total. The molecule has 0 aliphatic carbocycles. The zero-order valence-electron chi connectivity index (χ0n) is 22.8. The van der Waals surface area contributed by atoms with E-state index < -0.39 is 55.4 Å². The van der Waals surface area contributed by atoms with Crippen LogP contribution in [0.5, 0.6) is 17.2 Å². The van der Waals surface area contributed by atoms with Gasteiger partial charge in [-0.1, -0.05) is 48.0 Å². The smallest absolute Gasteiger partial charge is 0.497 e. The monoisotopic (exact) mass is 647 g/mol. The summed E-state index contributed by atoms with van der Waals surface area (Å²) in [4.78, 5) is 26.1. The van der Waals surface area contributed by atoms with E-state index in [0.717, 1.165) is 30.3 Å². The third-order valence-electron chi connectivity index (χ3n) is 7.10. The summed E-state index contributed by atoms with van der Waals surface area (Å²) >= 11 is 6.33. The van der Waals surface area contributed by atoms with Crippen molar-refractivity contribution in [3.05, 3.63) is 112 Å². The quantitative estimate of drug-likeness (QED) is 0.178. The molecule has 0 saturated carbocycles. The maximum atomic E-state index is 14.9. The van der Waals surface area contributed by atoms with E-state index in [1.807, 2.05) is 0 Å². The summed E-state index contributed by atoms with van der Waals surface area (Å²) < 4.78 is 88.3. The number of halogens is 4. The number of sulfonamides is 1. The van der Waals surface area contributed by atoms with Gasteiger partial charge in [0.2, 0.25) is 0 Å². The van der Waals surface area contributed by atoms with Crippen molar-refractivity contribution in [3.63, 3.8) is 0 Å². The van der Waals surface area contributed by atoms with E-state index in [0.29, 0.717) is 4.31 Å². The Labute approximate surface area is 254 Å². The van der Waals surface area contributed by atoms with Crippen molar-refractivity contribution in [3.8, 4) is 17.2 Å². The van der Waals surface area contributed by atoms with Crippen LogP contribution in [0.3, 0.4) is 0 Å². The predicted octanol–water partition coefficient (Wildman–Crippen LogP) is 6.50. The van der Waals surface area contributed by atoms with Crippen LogP contribution in [-0.2, 0) is 26.4 Å². The van der Waals surface area contributed by atoms with Gasteiger partial charge in [-0.05, 0) is 48.0 Å². The van der Waals surface area contributed by atoms with Crippen LogP contribution >= 0.6 is 11.6 Å². The first-order valence-electron chi connectivity index (χ1n) is 12.6. The van der Waals surface area contributed by atoms with Gasteiger partial charge in [-0.2, -0.15) is 13.2 Å². The number of amides is 1. The van der Waals surface area contributed by atoms with E-state index in [4.69, 9.17) is 25.8 Å². The minimum atomic E-state index is -5.03. The van der Waals surface area contributed by atoms with Gasteiger partial charge in [0, 0.05) is 22.2 Å². The first kappa shape index (κ1) is 30.7. The van der Waals surface area contributed by atoms with Crippen LogP contribution in [0.2, 0.25) is 5.02 Å². The maximum Gasteiger partial charge on any atom is 0.511 e. The Morgan fingerprint density at radius 3 is 2.16 bits per heavy atom. The summed E-state index contributed by atoms with van der Waals surface area (Å²) in [6, 6.07) is 16.5. The predicted molar refractivity (Wildman–Crippen MR) is 152 cm³/mol. The molecule has 1 atom stereocenters. The van der Waals surface area contributed by atoms with Gasteiger partial charge in [0.05, 0.1) is 25.5 Å². The number of carboxylic acid groups (broad SMARTS) is 1. The van der Waals surface area contributed by atoms with Crippen LogP contribution in [0, 0.1) is 0 Å². The van der Waals surface area contributed by atoms with Gasteiger partial charge in [0.25, 0.3) is 15.9 Å². The number of nitrogens with zero attached hydrogens (tertiary/aromatic N) is 1. The van der Waals surface area contributed by atoms with Crippen LogP contribution in [0.4, 0.5) is 23.7 Å². The molecule has 0 bridgehead atoms. The Balaban J connectivity index is 1.94. The zero-order chi connectivity index (χ0) is 32.0. The van der Waals surface area contributed by atoms with Gasteiger partial charge in [0.15, 0.2) is 0 Å². The van der Waals surface area contributed by atoms with Crippen molar-refractivity contribution in [2.75, 3.05) is 18.5 Å². The lowest BCUT2D eigenvalue weighted by atomic mass is 9.68. The number of para-hydroxylation sites is 1.